The second kappa shape index (κ2) is 11.5. The molecule has 0 saturated heterocycles. The van der Waals surface area contributed by atoms with Gasteiger partial charge in [-0.25, -0.2) is 4.79 Å². The highest BCUT2D eigenvalue weighted by molar-refractivity contribution is 6.66. The molecule has 1 aromatic carbocycles. The Morgan fingerprint density at radius 1 is 1.08 bits per heavy atom. The molecule has 130 valence electrons. The van der Waals surface area contributed by atoms with Crippen molar-refractivity contribution >= 4 is 28.9 Å². The van der Waals surface area contributed by atoms with Crippen LogP contribution in [0.3, 0.4) is 0 Å². The van der Waals surface area contributed by atoms with Crippen molar-refractivity contribution in [2.24, 2.45) is 0 Å². The van der Waals surface area contributed by atoms with Gasteiger partial charge in [-0.1, -0.05) is 24.8 Å². The van der Waals surface area contributed by atoms with Crippen molar-refractivity contribution in [1.82, 2.24) is 0 Å². The number of hydrogen-bond acceptors (Lipinski definition) is 4. The topological polar surface area (TPSA) is 52.6 Å². The summed E-state index contributed by atoms with van der Waals surface area (Å²) in [5.41, 5.74) is 1.32. The van der Waals surface area contributed by atoms with E-state index in [4.69, 9.17) is 21.1 Å². The number of allylic oxidation sites excluding steroid dienone is 1. The molecule has 0 bridgehead atoms. The molecule has 1 aromatic rings. The van der Waals surface area contributed by atoms with Crippen LogP contribution in [0.4, 0.5) is 0 Å². The molecule has 0 atom stereocenters. The lowest BCUT2D eigenvalue weighted by Gasteiger charge is -2.07. The minimum atomic E-state index is -0.496. The fourth-order valence-electron chi connectivity index (χ4n) is 1.87. The lowest BCUT2D eigenvalue weighted by atomic mass is 10.2. The van der Waals surface area contributed by atoms with Crippen LogP contribution in [0, 0.1) is 0 Å². The van der Waals surface area contributed by atoms with Gasteiger partial charge in [0.2, 0.25) is 5.24 Å². The largest absolute Gasteiger partial charge is 0.494 e. The van der Waals surface area contributed by atoms with E-state index in [1.165, 1.54) is 6.08 Å². The molecular weight excluding hydrogens is 328 g/mol. The summed E-state index contributed by atoms with van der Waals surface area (Å²) in [6, 6.07) is 7.44. The van der Waals surface area contributed by atoms with Crippen LogP contribution in [-0.2, 0) is 14.3 Å². The predicted octanol–water partition coefficient (Wildman–Crippen LogP) is 4.52. The minimum Gasteiger partial charge on any atom is -0.494 e. The van der Waals surface area contributed by atoms with Gasteiger partial charge in [-0.2, -0.15) is 0 Å². The molecular formula is C19H23ClO4. The van der Waals surface area contributed by atoms with Gasteiger partial charge in [0.25, 0.3) is 0 Å². The van der Waals surface area contributed by atoms with Crippen LogP contribution in [0.15, 0.2) is 42.5 Å². The van der Waals surface area contributed by atoms with E-state index in [-0.39, 0.29) is 5.97 Å². The van der Waals surface area contributed by atoms with E-state index < -0.39 is 5.24 Å². The first-order chi connectivity index (χ1) is 11.5. The van der Waals surface area contributed by atoms with Crippen LogP contribution in [0.2, 0.25) is 0 Å². The van der Waals surface area contributed by atoms with Crippen LogP contribution >= 0.6 is 11.6 Å². The standard InChI is InChI=1S/C19H23ClO4/c1-15(2)19(22)24-14-6-4-3-5-13-23-17-10-7-16(8-11-17)9-12-18(20)21/h7-12H,1,3-6,13-14H2,2H3/b12-9+. The summed E-state index contributed by atoms with van der Waals surface area (Å²) in [4.78, 5) is 21.8. The quantitative estimate of drug-likeness (QED) is 0.255. The van der Waals surface area contributed by atoms with E-state index in [0.29, 0.717) is 18.8 Å². The number of halogens is 1. The normalized spacial score (nSPS) is 10.6. The monoisotopic (exact) mass is 350 g/mol. The summed E-state index contributed by atoms with van der Waals surface area (Å²) in [7, 11) is 0. The summed E-state index contributed by atoms with van der Waals surface area (Å²) >= 11 is 5.24. The molecule has 0 aliphatic rings. The third kappa shape index (κ3) is 9.16. The molecule has 0 radical (unpaired) electrons. The highest BCUT2D eigenvalue weighted by atomic mass is 35.5. The molecule has 0 heterocycles. The lowest BCUT2D eigenvalue weighted by molar-refractivity contribution is -0.139. The van der Waals surface area contributed by atoms with Gasteiger partial charge >= 0.3 is 5.97 Å². The first-order valence-corrected chi connectivity index (χ1v) is 8.30. The molecule has 5 heteroatoms. The number of esters is 1. The van der Waals surface area contributed by atoms with Gasteiger partial charge in [-0.15, -0.1) is 0 Å². The van der Waals surface area contributed by atoms with E-state index in [1.54, 1.807) is 13.0 Å². The first kappa shape index (κ1) is 20.0. The number of carbonyl (C=O) groups excluding carboxylic acids is 2. The van der Waals surface area contributed by atoms with Gasteiger partial charge in [-0.3, -0.25) is 4.79 Å². The van der Waals surface area contributed by atoms with Gasteiger partial charge < -0.3 is 9.47 Å². The van der Waals surface area contributed by atoms with Gasteiger partial charge in [0.15, 0.2) is 0 Å². The lowest BCUT2D eigenvalue weighted by Crippen LogP contribution is -2.06. The molecule has 4 nitrogen and oxygen atoms in total. The summed E-state index contributed by atoms with van der Waals surface area (Å²) in [5, 5.41) is -0.496. The van der Waals surface area contributed by atoms with Crippen molar-refractivity contribution in [3.63, 3.8) is 0 Å². The van der Waals surface area contributed by atoms with Crippen molar-refractivity contribution in [1.29, 1.82) is 0 Å². The Bertz CT molecular complexity index is 576. The molecule has 0 aliphatic heterocycles. The van der Waals surface area contributed by atoms with E-state index >= 15 is 0 Å². The molecule has 0 saturated carbocycles. The summed E-state index contributed by atoms with van der Waals surface area (Å²) in [5.74, 6) is 0.465. The van der Waals surface area contributed by atoms with Crippen molar-refractivity contribution < 1.29 is 19.1 Å². The van der Waals surface area contributed by atoms with Crippen LogP contribution in [0.1, 0.15) is 38.2 Å². The van der Waals surface area contributed by atoms with Gasteiger partial charge in [0.1, 0.15) is 5.75 Å². The highest BCUT2D eigenvalue weighted by Gasteiger charge is 2.01. The van der Waals surface area contributed by atoms with Gasteiger partial charge in [0.05, 0.1) is 13.2 Å². The maximum absolute atomic E-state index is 11.2. The molecule has 0 N–H and O–H groups in total. The number of hydrogen-bond donors (Lipinski definition) is 0. The Labute approximate surface area is 148 Å². The van der Waals surface area contributed by atoms with E-state index in [9.17, 15) is 9.59 Å². The van der Waals surface area contributed by atoms with Crippen molar-refractivity contribution in [3.8, 4) is 5.75 Å². The summed E-state index contributed by atoms with van der Waals surface area (Å²) in [6.07, 6.45) is 6.76. The number of unbranched alkanes of at least 4 members (excludes halogenated alkanes) is 3. The van der Waals surface area contributed by atoms with Crippen LogP contribution in [0.5, 0.6) is 5.75 Å². The average molecular weight is 351 g/mol. The zero-order valence-corrected chi connectivity index (χ0v) is 14.7. The molecule has 1 rings (SSSR count). The average Bonchev–Trinajstić information content (AvgIpc) is 2.56. The van der Waals surface area contributed by atoms with Crippen molar-refractivity contribution in [2.75, 3.05) is 13.2 Å². The number of carbonyl (C=O) groups is 2. The summed E-state index contributed by atoms with van der Waals surface area (Å²) in [6.45, 7) is 6.25. The maximum atomic E-state index is 11.2. The van der Waals surface area contributed by atoms with E-state index in [1.807, 2.05) is 24.3 Å². The third-order valence-corrected chi connectivity index (χ3v) is 3.30. The Morgan fingerprint density at radius 2 is 1.71 bits per heavy atom. The Morgan fingerprint density at radius 3 is 2.29 bits per heavy atom. The van der Waals surface area contributed by atoms with Crippen molar-refractivity contribution in [3.05, 3.63) is 48.1 Å². The second-order valence-electron chi connectivity index (χ2n) is 5.39. The zero-order valence-electron chi connectivity index (χ0n) is 13.9. The molecule has 24 heavy (non-hydrogen) atoms. The second-order valence-corrected chi connectivity index (χ2v) is 5.76. The fourth-order valence-corrected chi connectivity index (χ4v) is 1.94. The Hall–Kier alpha value is -2.07. The predicted molar refractivity (Wildman–Crippen MR) is 96.1 cm³/mol. The van der Waals surface area contributed by atoms with Crippen LogP contribution < -0.4 is 4.74 Å². The smallest absolute Gasteiger partial charge is 0.333 e. The third-order valence-electron chi connectivity index (χ3n) is 3.18. The zero-order chi connectivity index (χ0) is 17.8. The SMILES string of the molecule is C=C(C)C(=O)OCCCCCCOc1ccc(/C=C/C(=O)Cl)cc1. The molecule has 0 unspecified atom stereocenters. The Kier molecular flexibility index (Phi) is 9.54. The number of benzene rings is 1. The van der Waals surface area contributed by atoms with Gasteiger partial charge in [0, 0.05) is 5.57 Å². The molecule has 0 aromatic heterocycles. The van der Waals surface area contributed by atoms with Crippen molar-refractivity contribution in [2.45, 2.75) is 32.6 Å². The summed E-state index contributed by atoms with van der Waals surface area (Å²) < 4.78 is 10.7. The van der Waals surface area contributed by atoms with Gasteiger partial charge in [-0.05, 0) is 68.0 Å². The molecule has 0 amide bonds. The van der Waals surface area contributed by atoms with Crippen LogP contribution in [-0.4, -0.2) is 24.4 Å². The first-order valence-electron chi connectivity index (χ1n) is 7.92. The molecule has 0 spiro atoms. The maximum Gasteiger partial charge on any atom is 0.333 e. The van der Waals surface area contributed by atoms with Crippen LogP contribution in [0.25, 0.3) is 6.08 Å². The van der Waals surface area contributed by atoms with E-state index in [0.717, 1.165) is 37.0 Å². The minimum absolute atomic E-state index is 0.327. The fraction of sp³-hybridized carbons (Fsp3) is 0.368. The molecule has 0 aliphatic carbocycles. The number of rotatable bonds is 11. The number of ether oxygens (including phenoxy) is 2. The van der Waals surface area contributed by atoms with E-state index in [2.05, 4.69) is 6.58 Å². The Balaban J connectivity index is 2.10. The molecule has 0 fully saturated rings. The highest BCUT2D eigenvalue weighted by Crippen LogP contribution is 2.14.